The second-order valence-corrected chi connectivity index (χ2v) is 6.63. The zero-order valence-electron chi connectivity index (χ0n) is 11.1. The van der Waals surface area contributed by atoms with Crippen LogP contribution in [0.5, 0.6) is 0 Å². The molecule has 0 saturated heterocycles. The third-order valence-corrected chi connectivity index (χ3v) is 6.40. The van der Waals surface area contributed by atoms with Crippen LogP contribution < -0.4 is 0 Å². The van der Waals surface area contributed by atoms with Gasteiger partial charge in [0.25, 0.3) is 0 Å². The van der Waals surface area contributed by atoms with E-state index >= 15 is 0 Å². The molecule has 0 saturated carbocycles. The fourth-order valence-electron chi connectivity index (χ4n) is 1.39. The molecule has 0 aromatic rings. The molecule has 6 heteroatoms. The molecule has 0 bridgehead atoms. The van der Waals surface area contributed by atoms with Gasteiger partial charge in [0.1, 0.15) is 9.15 Å². The van der Waals surface area contributed by atoms with Crippen LogP contribution in [0.4, 0.5) is 0 Å². The number of ether oxygens (including phenoxy) is 1. The Bertz CT molecular complexity index is 308. The summed E-state index contributed by atoms with van der Waals surface area (Å²) < 4.78 is 4.03. The fraction of sp³-hybridized carbons (Fsp3) is 0.833. The third kappa shape index (κ3) is 3.95. The van der Waals surface area contributed by atoms with Crippen molar-refractivity contribution < 1.29 is 19.4 Å². The Labute approximate surface area is 125 Å². The summed E-state index contributed by atoms with van der Waals surface area (Å²) >= 11 is 6.37. The predicted molar refractivity (Wildman–Crippen MR) is 77.3 cm³/mol. The van der Waals surface area contributed by atoms with E-state index in [1.54, 1.807) is 6.92 Å². The van der Waals surface area contributed by atoms with E-state index in [0.29, 0.717) is 12.8 Å². The molecular formula is C12H20Br2O4. The maximum atomic E-state index is 12.2. The van der Waals surface area contributed by atoms with E-state index in [9.17, 15) is 9.59 Å². The normalized spacial score (nSPS) is 19.4. The molecule has 0 aromatic heterocycles. The molecule has 0 heterocycles. The molecule has 0 aliphatic heterocycles. The molecule has 0 spiro atoms. The summed E-state index contributed by atoms with van der Waals surface area (Å²) in [4.78, 5) is 22.3. The molecule has 0 aliphatic carbocycles. The number of carbonyl (C=O) groups is 2. The highest BCUT2D eigenvalue weighted by Crippen LogP contribution is 2.39. The smallest absolute Gasteiger partial charge is 0.325 e. The van der Waals surface area contributed by atoms with Crippen molar-refractivity contribution in [3.05, 3.63) is 0 Å². The minimum Gasteiger partial charge on any atom is -0.480 e. The van der Waals surface area contributed by atoms with Crippen LogP contribution in [0.25, 0.3) is 0 Å². The number of halogens is 2. The van der Waals surface area contributed by atoms with E-state index in [1.807, 2.05) is 20.8 Å². The topological polar surface area (TPSA) is 63.6 Å². The van der Waals surface area contributed by atoms with Gasteiger partial charge in [-0.25, -0.2) is 0 Å². The Kier molecular flexibility index (Phi) is 7.44. The molecule has 0 aromatic carbocycles. The lowest BCUT2D eigenvalue weighted by atomic mass is 9.88. The average molecular weight is 388 g/mol. The van der Waals surface area contributed by atoms with Crippen LogP contribution in [0.1, 0.15) is 40.5 Å². The molecule has 0 aliphatic rings. The quantitative estimate of drug-likeness (QED) is 0.537. The lowest BCUT2D eigenvalue weighted by Crippen LogP contribution is -2.51. The van der Waals surface area contributed by atoms with Crippen LogP contribution in [0.2, 0.25) is 0 Å². The zero-order chi connectivity index (χ0) is 14.5. The number of rotatable bonds is 7. The zero-order valence-corrected chi connectivity index (χ0v) is 14.2. The predicted octanol–water partition coefficient (Wildman–Crippen LogP) is 3.36. The van der Waals surface area contributed by atoms with Gasteiger partial charge in [-0.3, -0.25) is 9.59 Å². The van der Waals surface area contributed by atoms with Crippen molar-refractivity contribution in [3.63, 3.8) is 0 Å². The first-order valence-electron chi connectivity index (χ1n) is 5.98. The van der Waals surface area contributed by atoms with Crippen LogP contribution in [0, 0.1) is 5.92 Å². The summed E-state index contributed by atoms with van der Waals surface area (Å²) in [5.74, 6) is -1.79. The number of aliphatic carboxylic acids is 1. The Hall–Kier alpha value is -0.100. The monoisotopic (exact) mass is 386 g/mol. The molecule has 18 heavy (non-hydrogen) atoms. The van der Waals surface area contributed by atoms with Gasteiger partial charge in [-0.05, 0) is 19.3 Å². The second-order valence-electron chi connectivity index (χ2n) is 4.40. The molecule has 0 radical (unpaired) electrons. The van der Waals surface area contributed by atoms with Gasteiger partial charge in [-0.2, -0.15) is 0 Å². The van der Waals surface area contributed by atoms with Crippen molar-refractivity contribution in [3.8, 4) is 0 Å². The van der Waals surface area contributed by atoms with Gasteiger partial charge in [0, 0.05) is 0 Å². The van der Waals surface area contributed by atoms with Crippen LogP contribution in [-0.2, 0) is 14.3 Å². The lowest BCUT2D eigenvalue weighted by Gasteiger charge is -2.34. The Balaban J connectivity index is 5.21. The third-order valence-electron chi connectivity index (χ3n) is 3.11. The van der Waals surface area contributed by atoms with Crippen molar-refractivity contribution in [2.45, 2.75) is 55.8 Å². The molecule has 0 fully saturated rings. The highest BCUT2D eigenvalue weighted by molar-refractivity contribution is 9.13. The summed E-state index contributed by atoms with van der Waals surface area (Å²) in [5.41, 5.74) is 0. The molecular weight excluding hydrogens is 368 g/mol. The van der Waals surface area contributed by atoms with E-state index in [-0.39, 0.29) is 12.0 Å². The summed E-state index contributed by atoms with van der Waals surface area (Å²) in [6.07, 6.45) is 1.12. The Morgan fingerprint density at radius 1 is 1.28 bits per heavy atom. The summed E-state index contributed by atoms with van der Waals surface area (Å²) in [6.45, 7) is 7.41. The first kappa shape index (κ1) is 17.9. The summed E-state index contributed by atoms with van der Waals surface area (Å²) in [6, 6.07) is 0. The average Bonchev–Trinajstić information content (AvgIpc) is 2.34. The van der Waals surface area contributed by atoms with Crippen molar-refractivity contribution in [2.24, 2.45) is 5.92 Å². The van der Waals surface area contributed by atoms with Crippen molar-refractivity contribution in [2.75, 3.05) is 0 Å². The molecule has 0 rings (SSSR count). The lowest BCUT2D eigenvalue weighted by molar-refractivity contribution is -0.155. The number of carboxylic acids is 1. The number of carbonyl (C=O) groups excluding carboxylic acids is 1. The first-order valence-corrected chi connectivity index (χ1v) is 7.69. The summed E-state index contributed by atoms with van der Waals surface area (Å²) in [5, 5.41) is 9.12. The molecule has 4 atom stereocenters. The molecule has 0 amide bonds. The van der Waals surface area contributed by atoms with Gasteiger partial charge in [-0.1, -0.05) is 59.1 Å². The maximum absolute atomic E-state index is 12.2. The van der Waals surface area contributed by atoms with E-state index < -0.39 is 21.1 Å². The maximum Gasteiger partial charge on any atom is 0.325 e. The van der Waals surface area contributed by atoms with Gasteiger partial charge in [0.05, 0.1) is 6.10 Å². The van der Waals surface area contributed by atoms with Crippen LogP contribution in [0.15, 0.2) is 0 Å². The Morgan fingerprint density at radius 3 is 2.11 bits per heavy atom. The van der Waals surface area contributed by atoms with Crippen LogP contribution in [-0.4, -0.2) is 32.3 Å². The van der Waals surface area contributed by atoms with E-state index in [4.69, 9.17) is 9.84 Å². The van der Waals surface area contributed by atoms with Crippen molar-refractivity contribution in [1.29, 1.82) is 0 Å². The van der Waals surface area contributed by atoms with Crippen molar-refractivity contribution >= 4 is 43.8 Å². The number of alkyl halides is 2. The van der Waals surface area contributed by atoms with Gasteiger partial charge >= 0.3 is 11.9 Å². The largest absolute Gasteiger partial charge is 0.480 e. The highest BCUT2D eigenvalue weighted by Gasteiger charge is 2.51. The molecule has 1 N–H and O–H groups in total. The molecule has 106 valence electrons. The minimum absolute atomic E-state index is 0.172. The van der Waals surface area contributed by atoms with Crippen molar-refractivity contribution in [1.82, 2.24) is 0 Å². The van der Waals surface area contributed by atoms with E-state index in [2.05, 4.69) is 31.9 Å². The van der Waals surface area contributed by atoms with Gasteiger partial charge in [-0.15, -0.1) is 0 Å². The van der Waals surface area contributed by atoms with E-state index in [0.717, 1.165) is 0 Å². The second kappa shape index (κ2) is 7.48. The highest BCUT2D eigenvalue weighted by atomic mass is 79.9. The van der Waals surface area contributed by atoms with E-state index in [1.165, 1.54) is 0 Å². The SMILES string of the molecule is CCC(C)OC(=O)C(Br)(C(C)CC)C(Br)C(=O)O. The molecule has 4 nitrogen and oxygen atoms in total. The number of carboxylic acid groups (broad SMARTS) is 1. The summed E-state index contributed by atoms with van der Waals surface area (Å²) in [7, 11) is 0. The number of hydrogen-bond donors (Lipinski definition) is 1. The van der Waals surface area contributed by atoms with Gasteiger partial charge in [0.2, 0.25) is 0 Å². The Morgan fingerprint density at radius 2 is 1.78 bits per heavy atom. The van der Waals surface area contributed by atoms with Gasteiger partial charge < -0.3 is 9.84 Å². The minimum atomic E-state index is -1.25. The van der Waals surface area contributed by atoms with Crippen LogP contribution in [0.3, 0.4) is 0 Å². The number of hydrogen-bond acceptors (Lipinski definition) is 3. The standard InChI is InChI=1S/C12H20Br2O4/c1-5-7(3)12(14,9(13)10(15)16)11(17)18-8(4)6-2/h7-9H,5-6H2,1-4H3,(H,15,16). The molecule has 4 unspecified atom stereocenters. The fourth-order valence-corrected chi connectivity index (χ4v) is 2.64. The van der Waals surface area contributed by atoms with Crippen LogP contribution >= 0.6 is 31.9 Å². The number of esters is 1. The first-order chi connectivity index (χ1) is 8.21. The van der Waals surface area contributed by atoms with Gasteiger partial charge in [0.15, 0.2) is 0 Å².